The Labute approximate surface area is 113 Å². The second kappa shape index (κ2) is 5.57. The van der Waals surface area contributed by atoms with Gasteiger partial charge in [-0.3, -0.25) is 10.1 Å². The Morgan fingerprint density at radius 2 is 2.05 bits per heavy atom. The molecule has 0 bridgehead atoms. The summed E-state index contributed by atoms with van der Waals surface area (Å²) in [6.07, 6.45) is 1.29. The maximum absolute atomic E-state index is 10.5. The number of benzene rings is 1. The Morgan fingerprint density at radius 3 is 2.58 bits per heavy atom. The normalized spacial score (nSPS) is 20.0. The van der Waals surface area contributed by atoms with Crippen LogP contribution in [-0.4, -0.2) is 24.6 Å². The van der Waals surface area contributed by atoms with Crippen molar-refractivity contribution in [1.82, 2.24) is 5.32 Å². The number of non-ortho nitro benzene ring substituents is 1. The minimum atomic E-state index is -0.414. The van der Waals surface area contributed by atoms with Gasteiger partial charge in [0.25, 0.3) is 5.69 Å². The van der Waals surface area contributed by atoms with E-state index in [0.29, 0.717) is 17.8 Å². The predicted molar refractivity (Wildman–Crippen MR) is 73.3 cm³/mol. The van der Waals surface area contributed by atoms with Gasteiger partial charge in [-0.1, -0.05) is 13.8 Å². The fourth-order valence-corrected chi connectivity index (χ4v) is 2.11. The standard InChI is InChI=1S/C14H20N2O3/c1-14(2)9-11(14)10-15-7-8-19-13-5-3-12(4-6-13)16(17)18/h3-6,11,15H,7-10H2,1-2H3. The van der Waals surface area contributed by atoms with Crippen LogP contribution in [0.2, 0.25) is 0 Å². The van der Waals surface area contributed by atoms with Crippen molar-refractivity contribution in [3.8, 4) is 5.75 Å². The van der Waals surface area contributed by atoms with Crippen molar-refractivity contribution in [2.24, 2.45) is 11.3 Å². The largest absolute Gasteiger partial charge is 0.492 e. The van der Waals surface area contributed by atoms with Gasteiger partial charge in [0.15, 0.2) is 0 Å². The minimum absolute atomic E-state index is 0.0847. The van der Waals surface area contributed by atoms with Crippen molar-refractivity contribution < 1.29 is 9.66 Å². The van der Waals surface area contributed by atoms with Crippen molar-refractivity contribution in [3.63, 3.8) is 0 Å². The van der Waals surface area contributed by atoms with Crippen molar-refractivity contribution in [1.29, 1.82) is 0 Å². The number of hydrogen-bond donors (Lipinski definition) is 1. The average Bonchev–Trinajstić information content (AvgIpc) is 2.97. The number of rotatable bonds is 7. The van der Waals surface area contributed by atoms with Crippen LogP contribution in [-0.2, 0) is 0 Å². The second-order valence-corrected chi connectivity index (χ2v) is 5.69. The third-order valence-corrected chi connectivity index (χ3v) is 3.70. The molecule has 1 fully saturated rings. The third-order valence-electron chi connectivity index (χ3n) is 3.70. The van der Waals surface area contributed by atoms with Gasteiger partial charge in [0, 0.05) is 18.7 Å². The fraction of sp³-hybridized carbons (Fsp3) is 0.571. The molecular formula is C14H20N2O3. The van der Waals surface area contributed by atoms with Crippen molar-refractivity contribution in [2.45, 2.75) is 20.3 Å². The smallest absolute Gasteiger partial charge is 0.269 e. The molecule has 0 saturated heterocycles. The van der Waals surface area contributed by atoms with Crippen LogP contribution in [0.25, 0.3) is 0 Å². The van der Waals surface area contributed by atoms with Gasteiger partial charge in [-0.15, -0.1) is 0 Å². The monoisotopic (exact) mass is 264 g/mol. The number of nitrogens with one attached hydrogen (secondary N) is 1. The molecule has 0 spiro atoms. The van der Waals surface area contributed by atoms with Crippen LogP contribution in [0, 0.1) is 21.4 Å². The molecule has 0 aromatic heterocycles. The van der Waals surface area contributed by atoms with E-state index in [1.54, 1.807) is 12.1 Å². The maximum atomic E-state index is 10.5. The van der Waals surface area contributed by atoms with Crippen LogP contribution in [0.1, 0.15) is 20.3 Å². The third kappa shape index (κ3) is 3.92. The molecule has 104 valence electrons. The molecule has 1 N–H and O–H groups in total. The number of nitrogens with zero attached hydrogens (tertiary/aromatic N) is 1. The topological polar surface area (TPSA) is 64.4 Å². The molecule has 1 unspecified atom stereocenters. The Hall–Kier alpha value is -1.62. The first-order valence-electron chi connectivity index (χ1n) is 6.57. The summed E-state index contributed by atoms with van der Waals surface area (Å²) in [5, 5.41) is 13.9. The van der Waals surface area contributed by atoms with Crippen LogP contribution in [0.4, 0.5) is 5.69 Å². The highest BCUT2D eigenvalue weighted by atomic mass is 16.6. The zero-order valence-electron chi connectivity index (χ0n) is 11.4. The molecule has 2 rings (SSSR count). The van der Waals surface area contributed by atoms with E-state index in [9.17, 15) is 10.1 Å². The van der Waals surface area contributed by atoms with Gasteiger partial charge in [0.1, 0.15) is 12.4 Å². The first kappa shape index (κ1) is 13.8. The Bertz CT molecular complexity index is 443. The SMILES string of the molecule is CC1(C)CC1CNCCOc1ccc([N+](=O)[O-])cc1. The number of hydrogen-bond acceptors (Lipinski definition) is 4. The van der Waals surface area contributed by atoms with E-state index in [4.69, 9.17) is 4.74 Å². The molecule has 1 aromatic carbocycles. The molecule has 1 aliphatic carbocycles. The summed E-state index contributed by atoms with van der Waals surface area (Å²) in [6.45, 7) is 6.98. The van der Waals surface area contributed by atoms with E-state index in [-0.39, 0.29) is 5.69 Å². The predicted octanol–water partition coefficient (Wildman–Crippen LogP) is 2.61. The molecule has 1 atom stereocenters. The zero-order chi connectivity index (χ0) is 13.9. The van der Waals surface area contributed by atoms with Crippen LogP contribution >= 0.6 is 0 Å². The van der Waals surface area contributed by atoms with Gasteiger partial charge >= 0.3 is 0 Å². The van der Waals surface area contributed by atoms with E-state index in [2.05, 4.69) is 19.2 Å². The lowest BCUT2D eigenvalue weighted by Gasteiger charge is -2.08. The lowest BCUT2D eigenvalue weighted by Crippen LogP contribution is -2.24. The van der Waals surface area contributed by atoms with E-state index >= 15 is 0 Å². The molecule has 5 heteroatoms. The highest BCUT2D eigenvalue weighted by Gasteiger charge is 2.44. The molecular weight excluding hydrogens is 244 g/mol. The van der Waals surface area contributed by atoms with Gasteiger partial charge < -0.3 is 10.1 Å². The maximum Gasteiger partial charge on any atom is 0.269 e. The lowest BCUT2D eigenvalue weighted by molar-refractivity contribution is -0.384. The number of ether oxygens (including phenoxy) is 1. The Morgan fingerprint density at radius 1 is 1.42 bits per heavy atom. The molecule has 0 amide bonds. The summed E-state index contributed by atoms with van der Waals surface area (Å²) in [4.78, 5) is 10.1. The summed E-state index contributed by atoms with van der Waals surface area (Å²) in [5.41, 5.74) is 0.591. The van der Waals surface area contributed by atoms with Gasteiger partial charge in [0.05, 0.1) is 4.92 Å². The highest BCUT2D eigenvalue weighted by molar-refractivity contribution is 5.35. The summed E-state index contributed by atoms with van der Waals surface area (Å²) >= 11 is 0. The summed E-state index contributed by atoms with van der Waals surface area (Å²) in [5.74, 6) is 1.45. The van der Waals surface area contributed by atoms with E-state index in [0.717, 1.165) is 19.0 Å². The summed E-state index contributed by atoms with van der Waals surface area (Å²) < 4.78 is 5.51. The van der Waals surface area contributed by atoms with Crippen molar-refractivity contribution >= 4 is 5.69 Å². The first-order chi connectivity index (χ1) is 8.99. The van der Waals surface area contributed by atoms with Crippen LogP contribution < -0.4 is 10.1 Å². The molecule has 5 nitrogen and oxygen atoms in total. The lowest BCUT2D eigenvalue weighted by atomic mass is 10.1. The number of nitro benzene ring substituents is 1. The fourth-order valence-electron chi connectivity index (χ4n) is 2.11. The molecule has 0 aliphatic heterocycles. The quantitative estimate of drug-likeness (QED) is 0.467. The molecule has 1 saturated carbocycles. The van der Waals surface area contributed by atoms with Gasteiger partial charge in [-0.25, -0.2) is 0 Å². The highest BCUT2D eigenvalue weighted by Crippen LogP contribution is 2.50. The van der Waals surface area contributed by atoms with Crippen molar-refractivity contribution in [3.05, 3.63) is 34.4 Å². The van der Waals surface area contributed by atoms with Crippen LogP contribution in [0.15, 0.2) is 24.3 Å². The minimum Gasteiger partial charge on any atom is -0.492 e. The van der Waals surface area contributed by atoms with Gasteiger partial charge in [-0.2, -0.15) is 0 Å². The second-order valence-electron chi connectivity index (χ2n) is 5.69. The number of nitro groups is 1. The summed E-state index contributed by atoms with van der Waals surface area (Å²) in [6, 6.07) is 6.16. The van der Waals surface area contributed by atoms with Crippen LogP contribution in [0.3, 0.4) is 0 Å². The molecule has 0 heterocycles. The van der Waals surface area contributed by atoms with E-state index in [1.807, 2.05) is 0 Å². The molecule has 19 heavy (non-hydrogen) atoms. The molecule has 1 aliphatic rings. The summed E-state index contributed by atoms with van der Waals surface area (Å²) in [7, 11) is 0. The zero-order valence-corrected chi connectivity index (χ0v) is 11.4. The average molecular weight is 264 g/mol. The Kier molecular flexibility index (Phi) is 4.04. The van der Waals surface area contributed by atoms with Crippen molar-refractivity contribution in [2.75, 3.05) is 19.7 Å². The van der Waals surface area contributed by atoms with Crippen LogP contribution in [0.5, 0.6) is 5.75 Å². The van der Waals surface area contributed by atoms with E-state index in [1.165, 1.54) is 18.6 Å². The Balaban J connectivity index is 1.61. The van der Waals surface area contributed by atoms with Gasteiger partial charge in [0.2, 0.25) is 0 Å². The molecule has 1 aromatic rings. The van der Waals surface area contributed by atoms with E-state index < -0.39 is 4.92 Å². The molecule has 0 radical (unpaired) electrons. The van der Waals surface area contributed by atoms with Gasteiger partial charge in [-0.05, 0) is 36.4 Å². The first-order valence-corrected chi connectivity index (χ1v) is 6.57.